The number of hydrogen-bond donors (Lipinski definition) is 2. The van der Waals surface area contributed by atoms with Crippen LogP contribution in [0.2, 0.25) is 0 Å². The molecule has 0 aliphatic heterocycles. The monoisotopic (exact) mass is 217 g/mol. The Balaban J connectivity index is 2.74. The van der Waals surface area contributed by atoms with Gasteiger partial charge in [-0.15, -0.1) is 0 Å². The summed E-state index contributed by atoms with van der Waals surface area (Å²) in [5, 5.41) is 11.3. The lowest BCUT2D eigenvalue weighted by atomic mass is 10.1. The van der Waals surface area contributed by atoms with Crippen LogP contribution in [0.3, 0.4) is 0 Å². The first kappa shape index (κ1) is 12.3. The zero-order valence-electron chi connectivity index (χ0n) is 9.45. The lowest BCUT2D eigenvalue weighted by Gasteiger charge is -2.07. The summed E-state index contributed by atoms with van der Waals surface area (Å²) in [6, 6.07) is 7.09. The predicted molar refractivity (Wildman–Crippen MR) is 63.0 cm³/mol. The molecule has 0 heterocycles. The average molecular weight is 217 g/mol. The van der Waals surface area contributed by atoms with Crippen LogP contribution in [-0.4, -0.2) is 23.7 Å². The van der Waals surface area contributed by atoms with E-state index in [2.05, 4.69) is 17.2 Å². The van der Waals surface area contributed by atoms with Crippen LogP contribution >= 0.6 is 0 Å². The third-order valence-electron chi connectivity index (χ3n) is 1.88. The molecule has 0 radical (unpaired) electrons. The molecule has 1 aromatic carbocycles. The molecule has 84 valence electrons. The van der Waals surface area contributed by atoms with Gasteiger partial charge in [-0.1, -0.05) is 11.8 Å². The summed E-state index contributed by atoms with van der Waals surface area (Å²) in [4.78, 5) is 11.6. The van der Waals surface area contributed by atoms with Crippen LogP contribution in [0, 0.1) is 11.8 Å². The normalized spacial score (nSPS) is 9.50. The molecule has 0 aliphatic rings. The molecule has 16 heavy (non-hydrogen) atoms. The van der Waals surface area contributed by atoms with Gasteiger partial charge in [-0.2, -0.15) is 0 Å². The fourth-order valence-electron chi connectivity index (χ4n) is 1.19. The second kappa shape index (κ2) is 5.94. The van der Waals surface area contributed by atoms with E-state index < -0.39 is 0 Å². The second-order valence-corrected chi connectivity index (χ2v) is 3.67. The van der Waals surface area contributed by atoms with Crippen molar-refractivity contribution >= 4 is 5.91 Å². The Morgan fingerprint density at radius 2 is 2.00 bits per heavy atom. The highest BCUT2D eigenvalue weighted by molar-refractivity contribution is 5.94. The molecule has 3 heteroatoms. The Morgan fingerprint density at radius 1 is 1.38 bits per heavy atom. The van der Waals surface area contributed by atoms with Crippen LogP contribution < -0.4 is 5.32 Å². The van der Waals surface area contributed by atoms with Crippen LogP contribution in [0.15, 0.2) is 24.3 Å². The van der Waals surface area contributed by atoms with E-state index in [-0.39, 0.29) is 18.6 Å². The molecule has 0 aromatic heterocycles. The van der Waals surface area contributed by atoms with Crippen molar-refractivity contribution in [3.63, 3.8) is 0 Å². The Kier molecular flexibility index (Phi) is 4.56. The van der Waals surface area contributed by atoms with Gasteiger partial charge in [0.05, 0.1) is 0 Å². The summed E-state index contributed by atoms with van der Waals surface area (Å²) >= 11 is 0. The smallest absolute Gasteiger partial charge is 0.251 e. The molecule has 0 saturated heterocycles. The van der Waals surface area contributed by atoms with Crippen molar-refractivity contribution < 1.29 is 9.90 Å². The third-order valence-corrected chi connectivity index (χ3v) is 1.88. The van der Waals surface area contributed by atoms with Crippen molar-refractivity contribution in [1.29, 1.82) is 0 Å². The minimum atomic E-state index is -0.157. The molecular formula is C13H15NO2. The van der Waals surface area contributed by atoms with Gasteiger partial charge in [0.25, 0.3) is 5.91 Å². The molecule has 0 fully saturated rings. The highest BCUT2D eigenvalue weighted by Crippen LogP contribution is 2.03. The Bertz CT molecular complexity index is 410. The number of nitrogens with one attached hydrogen (secondary N) is 1. The molecule has 3 nitrogen and oxygen atoms in total. The number of carbonyl (C=O) groups is 1. The molecule has 1 rings (SSSR count). The number of rotatable bonds is 2. The van der Waals surface area contributed by atoms with Gasteiger partial charge in [0.2, 0.25) is 0 Å². The van der Waals surface area contributed by atoms with E-state index in [0.717, 1.165) is 5.56 Å². The van der Waals surface area contributed by atoms with E-state index in [0.29, 0.717) is 5.56 Å². The van der Waals surface area contributed by atoms with E-state index in [9.17, 15) is 4.79 Å². The first-order chi connectivity index (χ1) is 7.63. The van der Waals surface area contributed by atoms with Gasteiger partial charge in [-0.3, -0.25) is 4.79 Å². The quantitative estimate of drug-likeness (QED) is 0.730. The molecule has 1 amide bonds. The summed E-state index contributed by atoms with van der Waals surface area (Å²) < 4.78 is 0. The molecule has 0 aliphatic carbocycles. The van der Waals surface area contributed by atoms with Crippen LogP contribution in [0.4, 0.5) is 0 Å². The minimum Gasteiger partial charge on any atom is -0.384 e. The summed E-state index contributed by atoms with van der Waals surface area (Å²) in [6.07, 6.45) is 0. The number of hydrogen-bond acceptors (Lipinski definition) is 2. The topological polar surface area (TPSA) is 49.3 Å². The average Bonchev–Trinajstić information content (AvgIpc) is 2.26. The lowest BCUT2D eigenvalue weighted by molar-refractivity contribution is 0.0943. The van der Waals surface area contributed by atoms with Crippen molar-refractivity contribution in [3.05, 3.63) is 35.4 Å². The third kappa shape index (κ3) is 3.76. The number of aliphatic hydroxyl groups excluding tert-OH is 1. The van der Waals surface area contributed by atoms with Crippen LogP contribution in [-0.2, 0) is 0 Å². The van der Waals surface area contributed by atoms with Gasteiger partial charge in [0, 0.05) is 17.2 Å². The summed E-state index contributed by atoms with van der Waals surface area (Å²) in [6.45, 7) is 3.67. The summed E-state index contributed by atoms with van der Waals surface area (Å²) in [5.41, 5.74) is 1.40. The highest BCUT2D eigenvalue weighted by Gasteiger charge is 2.05. The molecule has 0 saturated carbocycles. The number of amides is 1. The largest absolute Gasteiger partial charge is 0.384 e. The van der Waals surface area contributed by atoms with Crippen molar-refractivity contribution in [2.45, 2.75) is 19.9 Å². The van der Waals surface area contributed by atoms with E-state index >= 15 is 0 Å². The fourth-order valence-corrected chi connectivity index (χ4v) is 1.19. The van der Waals surface area contributed by atoms with E-state index in [1.807, 2.05) is 13.8 Å². The Labute approximate surface area is 95.5 Å². The van der Waals surface area contributed by atoms with Gasteiger partial charge in [0.1, 0.15) is 6.61 Å². The standard InChI is InChI=1S/C13H15NO2/c1-10(2)14-13(16)12-7-5-11(6-8-12)4-3-9-15/h5-8,10,15H,9H2,1-2H3,(H,14,16). The maximum Gasteiger partial charge on any atom is 0.251 e. The van der Waals surface area contributed by atoms with Crippen LogP contribution in [0.25, 0.3) is 0 Å². The van der Waals surface area contributed by atoms with Gasteiger partial charge < -0.3 is 10.4 Å². The molecule has 0 bridgehead atoms. The van der Waals surface area contributed by atoms with Crippen LogP contribution in [0.5, 0.6) is 0 Å². The maximum absolute atomic E-state index is 11.6. The lowest BCUT2D eigenvalue weighted by Crippen LogP contribution is -2.29. The SMILES string of the molecule is CC(C)NC(=O)c1ccc(C#CCO)cc1. The molecule has 0 atom stereocenters. The van der Waals surface area contributed by atoms with Gasteiger partial charge >= 0.3 is 0 Å². The first-order valence-corrected chi connectivity index (χ1v) is 5.14. The summed E-state index contributed by atoms with van der Waals surface area (Å²) in [7, 11) is 0. The summed E-state index contributed by atoms with van der Waals surface area (Å²) in [5.74, 6) is 5.23. The Morgan fingerprint density at radius 3 is 2.50 bits per heavy atom. The van der Waals surface area contributed by atoms with Crippen LogP contribution in [0.1, 0.15) is 29.8 Å². The van der Waals surface area contributed by atoms with Crippen molar-refractivity contribution in [2.75, 3.05) is 6.61 Å². The van der Waals surface area contributed by atoms with Gasteiger partial charge in [-0.05, 0) is 38.1 Å². The van der Waals surface area contributed by atoms with Gasteiger partial charge in [-0.25, -0.2) is 0 Å². The van der Waals surface area contributed by atoms with Crippen molar-refractivity contribution in [3.8, 4) is 11.8 Å². The minimum absolute atomic E-state index is 0.0864. The molecular weight excluding hydrogens is 202 g/mol. The number of benzene rings is 1. The predicted octanol–water partition coefficient (Wildman–Crippen LogP) is 1.17. The molecule has 2 N–H and O–H groups in total. The number of aliphatic hydroxyl groups is 1. The second-order valence-electron chi connectivity index (χ2n) is 3.67. The molecule has 0 unspecified atom stereocenters. The Hall–Kier alpha value is -1.79. The van der Waals surface area contributed by atoms with Gasteiger partial charge in [0.15, 0.2) is 0 Å². The van der Waals surface area contributed by atoms with E-state index in [1.54, 1.807) is 24.3 Å². The first-order valence-electron chi connectivity index (χ1n) is 5.14. The highest BCUT2D eigenvalue weighted by atomic mass is 16.2. The maximum atomic E-state index is 11.6. The van der Waals surface area contributed by atoms with Crippen molar-refractivity contribution in [1.82, 2.24) is 5.32 Å². The molecule has 0 spiro atoms. The van der Waals surface area contributed by atoms with E-state index in [1.165, 1.54) is 0 Å². The number of carbonyl (C=O) groups excluding carboxylic acids is 1. The zero-order valence-corrected chi connectivity index (χ0v) is 9.45. The zero-order chi connectivity index (χ0) is 12.0. The van der Waals surface area contributed by atoms with E-state index in [4.69, 9.17) is 5.11 Å². The van der Waals surface area contributed by atoms with Crippen molar-refractivity contribution in [2.24, 2.45) is 0 Å². The fraction of sp³-hybridized carbons (Fsp3) is 0.308. The molecule has 1 aromatic rings.